The minimum absolute atomic E-state index is 0.126. The van der Waals surface area contributed by atoms with Crippen molar-refractivity contribution in [1.82, 2.24) is 5.32 Å². The molecule has 0 saturated carbocycles. The maximum atomic E-state index is 12.5. The smallest absolute Gasteiger partial charge is 0.251 e. The Morgan fingerprint density at radius 2 is 1.61 bits per heavy atom. The van der Waals surface area contributed by atoms with Crippen molar-refractivity contribution in [3.8, 4) is 5.75 Å². The second-order valence-corrected chi connectivity index (χ2v) is 9.84. The van der Waals surface area contributed by atoms with Crippen LogP contribution in [0.1, 0.15) is 28.4 Å². The predicted molar refractivity (Wildman–Crippen MR) is 133 cm³/mol. The summed E-state index contributed by atoms with van der Waals surface area (Å²) < 4.78 is 32.0. The Hall–Kier alpha value is -3.03. The fourth-order valence-corrected chi connectivity index (χ4v) is 4.34. The summed E-state index contributed by atoms with van der Waals surface area (Å²) in [5.41, 5.74) is 2.83. The summed E-state index contributed by atoms with van der Waals surface area (Å²) >= 11 is 5.89. The molecule has 8 heteroatoms. The number of nitrogens with one attached hydrogen (secondary N) is 1. The van der Waals surface area contributed by atoms with E-state index in [-0.39, 0.29) is 12.5 Å². The SMILES string of the molecule is CCOc1ccccc1N(Cc1ccc(C(=O)NCCc2ccc(Cl)cc2)cc1)S(C)(=O)=O. The molecular formula is C25H27ClN2O4S. The number of sulfonamides is 1. The lowest BCUT2D eigenvalue weighted by Gasteiger charge is -2.24. The van der Waals surface area contributed by atoms with Gasteiger partial charge in [-0.15, -0.1) is 0 Å². The first kappa shape index (κ1) is 24.6. The zero-order valence-corrected chi connectivity index (χ0v) is 20.2. The van der Waals surface area contributed by atoms with Gasteiger partial charge in [-0.25, -0.2) is 8.42 Å². The van der Waals surface area contributed by atoms with Crippen molar-refractivity contribution in [3.05, 3.63) is 94.5 Å². The molecule has 0 aromatic heterocycles. The molecule has 0 fully saturated rings. The van der Waals surface area contributed by atoms with Gasteiger partial charge in [0, 0.05) is 17.1 Å². The number of hydrogen-bond donors (Lipinski definition) is 1. The van der Waals surface area contributed by atoms with E-state index in [4.69, 9.17) is 16.3 Å². The van der Waals surface area contributed by atoms with Crippen molar-refractivity contribution in [3.63, 3.8) is 0 Å². The van der Waals surface area contributed by atoms with Crippen LogP contribution in [-0.4, -0.2) is 33.7 Å². The number of ether oxygens (including phenoxy) is 1. The van der Waals surface area contributed by atoms with E-state index in [0.29, 0.717) is 41.6 Å². The highest BCUT2D eigenvalue weighted by Gasteiger charge is 2.21. The molecule has 174 valence electrons. The normalized spacial score (nSPS) is 11.1. The van der Waals surface area contributed by atoms with Crippen LogP contribution in [-0.2, 0) is 23.0 Å². The number of carbonyl (C=O) groups is 1. The molecule has 1 N–H and O–H groups in total. The Labute approximate surface area is 200 Å². The number of rotatable bonds is 10. The van der Waals surface area contributed by atoms with Crippen molar-refractivity contribution < 1.29 is 17.9 Å². The zero-order valence-electron chi connectivity index (χ0n) is 18.6. The second kappa shape index (κ2) is 11.2. The molecule has 0 aliphatic carbocycles. The first-order valence-corrected chi connectivity index (χ1v) is 12.8. The van der Waals surface area contributed by atoms with E-state index < -0.39 is 10.0 Å². The van der Waals surface area contributed by atoms with Crippen LogP contribution in [0.25, 0.3) is 0 Å². The molecule has 0 atom stereocenters. The molecule has 0 bridgehead atoms. The van der Waals surface area contributed by atoms with E-state index >= 15 is 0 Å². The maximum absolute atomic E-state index is 12.5. The average Bonchev–Trinajstić information content (AvgIpc) is 2.79. The number of halogens is 1. The van der Waals surface area contributed by atoms with Crippen LogP contribution < -0.4 is 14.4 Å². The van der Waals surface area contributed by atoms with Gasteiger partial charge in [0.1, 0.15) is 5.75 Å². The summed E-state index contributed by atoms with van der Waals surface area (Å²) in [6.07, 6.45) is 1.86. The highest BCUT2D eigenvalue weighted by molar-refractivity contribution is 7.92. The van der Waals surface area contributed by atoms with Gasteiger partial charge in [-0.05, 0) is 60.9 Å². The van der Waals surface area contributed by atoms with Crippen molar-refractivity contribution in [2.24, 2.45) is 0 Å². The van der Waals surface area contributed by atoms with E-state index in [0.717, 1.165) is 17.4 Å². The van der Waals surface area contributed by atoms with Crippen LogP contribution in [0.4, 0.5) is 5.69 Å². The van der Waals surface area contributed by atoms with Gasteiger partial charge in [0.2, 0.25) is 10.0 Å². The second-order valence-electron chi connectivity index (χ2n) is 7.50. The Bertz CT molecular complexity index is 1180. The molecule has 3 aromatic rings. The number of benzene rings is 3. The molecule has 0 aliphatic rings. The van der Waals surface area contributed by atoms with Crippen molar-refractivity contribution >= 4 is 33.2 Å². The minimum Gasteiger partial charge on any atom is -0.492 e. The highest BCUT2D eigenvalue weighted by atomic mass is 35.5. The molecule has 0 aliphatic heterocycles. The highest BCUT2D eigenvalue weighted by Crippen LogP contribution is 2.31. The van der Waals surface area contributed by atoms with E-state index in [1.165, 1.54) is 4.31 Å². The number of carbonyl (C=O) groups excluding carboxylic acids is 1. The van der Waals surface area contributed by atoms with Crippen LogP contribution in [0.5, 0.6) is 5.75 Å². The number of nitrogens with zero attached hydrogens (tertiary/aromatic N) is 1. The van der Waals surface area contributed by atoms with Gasteiger partial charge in [0.15, 0.2) is 0 Å². The molecule has 1 amide bonds. The third-order valence-electron chi connectivity index (χ3n) is 4.99. The lowest BCUT2D eigenvalue weighted by Crippen LogP contribution is -2.30. The Kier molecular flexibility index (Phi) is 8.36. The molecule has 33 heavy (non-hydrogen) atoms. The number of amides is 1. The van der Waals surface area contributed by atoms with Crippen LogP contribution in [0.15, 0.2) is 72.8 Å². The summed E-state index contributed by atoms with van der Waals surface area (Å²) in [6.45, 7) is 2.90. The molecule has 3 aromatic carbocycles. The summed E-state index contributed by atoms with van der Waals surface area (Å²) in [4.78, 5) is 12.5. The minimum atomic E-state index is -3.56. The monoisotopic (exact) mass is 486 g/mol. The zero-order chi connectivity index (χ0) is 23.8. The van der Waals surface area contributed by atoms with Gasteiger partial charge in [-0.2, -0.15) is 0 Å². The van der Waals surface area contributed by atoms with Gasteiger partial charge in [-0.3, -0.25) is 9.10 Å². The van der Waals surface area contributed by atoms with Crippen LogP contribution in [0, 0.1) is 0 Å². The number of anilines is 1. The third-order valence-corrected chi connectivity index (χ3v) is 6.37. The van der Waals surface area contributed by atoms with Crippen molar-refractivity contribution in [2.45, 2.75) is 19.9 Å². The summed E-state index contributed by atoms with van der Waals surface area (Å²) in [5.74, 6) is 0.319. The van der Waals surface area contributed by atoms with Gasteiger partial charge >= 0.3 is 0 Å². The lowest BCUT2D eigenvalue weighted by molar-refractivity contribution is 0.0954. The molecule has 0 radical (unpaired) electrons. The molecule has 0 unspecified atom stereocenters. The quantitative estimate of drug-likeness (QED) is 0.451. The van der Waals surface area contributed by atoms with Gasteiger partial charge < -0.3 is 10.1 Å². The number of para-hydroxylation sites is 2. The van der Waals surface area contributed by atoms with E-state index in [9.17, 15) is 13.2 Å². The first-order valence-electron chi connectivity index (χ1n) is 10.6. The van der Waals surface area contributed by atoms with Gasteiger partial charge in [0.05, 0.1) is 25.1 Å². The topological polar surface area (TPSA) is 75.7 Å². The van der Waals surface area contributed by atoms with Crippen molar-refractivity contribution in [2.75, 3.05) is 23.7 Å². The third kappa shape index (κ3) is 6.97. The van der Waals surface area contributed by atoms with Gasteiger partial charge in [0.25, 0.3) is 5.91 Å². The van der Waals surface area contributed by atoms with E-state index in [1.54, 1.807) is 48.5 Å². The van der Waals surface area contributed by atoms with E-state index in [1.807, 2.05) is 31.2 Å². The van der Waals surface area contributed by atoms with Crippen LogP contribution >= 0.6 is 11.6 Å². The standard InChI is InChI=1S/C25H27ClN2O4S/c1-3-32-24-7-5-4-6-23(24)28(33(2,30)31)18-20-8-12-21(13-9-20)25(29)27-17-16-19-10-14-22(26)15-11-19/h4-15H,3,16-18H2,1-2H3,(H,27,29). The molecule has 0 spiro atoms. The molecule has 6 nitrogen and oxygen atoms in total. The molecule has 0 saturated heterocycles. The number of hydrogen-bond acceptors (Lipinski definition) is 4. The van der Waals surface area contributed by atoms with Gasteiger partial charge in [-0.1, -0.05) is 48.0 Å². The molecular weight excluding hydrogens is 460 g/mol. The Morgan fingerprint density at radius 1 is 0.970 bits per heavy atom. The first-order chi connectivity index (χ1) is 15.8. The fourth-order valence-electron chi connectivity index (χ4n) is 3.32. The Morgan fingerprint density at radius 3 is 2.24 bits per heavy atom. The molecule has 0 heterocycles. The fraction of sp³-hybridized carbons (Fsp3) is 0.240. The molecule has 3 rings (SSSR count). The maximum Gasteiger partial charge on any atom is 0.251 e. The van der Waals surface area contributed by atoms with Crippen molar-refractivity contribution in [1.29, 1.82) is 0 Å². The van der Waals surface area contributed by atoms with E-state index in [2.05, 4.69) is 5.32 Å². The predicted octanol–water partition coefficient (Wildman–Crippen LogP) is 4.68. The summed E-state index contributed by atoms with van der Waals surface area (Å²) in [5, 5.41) is 3.58. The summed E-state index contributed by atoms with van der Waals surface area (Å²) in [6, 6.07) is 21.5. The summed E-state index contributed by atoms with van der Waals surface area (Å²) in [7, 11) is -3.56. The lowest BCUT2D eigenvalue weighted by atomic mass is 10.1. The van der Waals surface area contributed by atoms with Crippen LogP contribution in [0.2, 0.25) is 5.02 Å². The van der Waals surface area contributed by atoms with Crippen LogP contribution in [0.3, 0.4) is 0 Å². The average molecular weight is 487 g/mol. The largest absolute Gasteiger partial charge is 0.492 e. The Balaban J connectivity index is 1.66.